The number of H-pyrrole nitrogens is 1. The number of hydrogen-bond donors (Lipinski definition) is 2. The van der Waals surface area contributed by atoms with Gasteiger partial charge >= 0.3 is 5.97 Å². The number of benzene rings is 1. The molecule has 7 heteroatoms. The van der Waals surface area contributed by atoms with Gasteiger partial charge in [0, 0.05) is 11.4 Å². The second-order valence-electron chi connectivity index (χ2n) is 7.44. The Labute approximate surface area is 175 Å². The normalized spacial score (nSPS) is 15.9. The van der Waals surface area contributed by atoms with Crippen molar-refractivity contribution >= 4 is 23.5 Å². The topological polar surface area (TPSA) is 84.1 Å². The number of esters is 1. The largest absolute Gasteiger partial charge is 0.460 e. The minimum Gasteiger partial charge on any atom is -0.460 e. The van der Waals surface area contributed by atoms with Crippen LogP contribution >= 0.6 is 11.8 Å². The van der Waals surface area contributed by atoms with E-state index in [-0.39, 0.29) is 11.7 Å². The molecule has 154 valence electrons. The summed E-state index contributed by atoms with van der Waals surface area (Å²) < 4.78 is 5.49. The Kier molecular flexibility index (Phi) is 6.47. The van der Waals surface area contributed by atoms with Crippen molar-refractivity contribution in [3.63, 3.8) is 0 Å². The van der Waals surface area contributed by atoms with E-state index in [0.717, 1.165) is 23.3 Å². The number of ether oxygens (including phenoxy) is 1. The maximum absolute atomic E-state index is 13.1. The first kappa shape index (κ1) is 21.2. The molecule has 0 aliphatic carbocycles. The van der Waals surface area contributed by atoms with E-state index in [1.54, 1.807) is 0 Å². The number of nitrogens with one attached hydrogen (secondary N) is 2. The van der Waals surface area contributed by atoms with Crippen LogP contribution in [0.2, 0.25) is 0 Å². The van der Waals surface area contributed by atoms with Crippen molar-refractivity contribution in [2.75, 3.05) is 11.1 Å². The van der Waals surface area contributed by atoms with Crippen molar-refractivity contribution in [2.24, 2.45) is 0 Å². The molecule has 0 radical (unpaired) electrons. The highest BCUT2D eigenvalue weighted by atomic mass is 32.2. The van der Waals surface area contributed by atoms with Gasteiger partial charge in [-0.1, -0.05) is 48.5 Å². The van der Waals surface area contributed by atoms with Crippen LogP contribution < -0.4 is 10.9 Å². The second kappa shape index (κ2) is 8.86. The standard InChI is InChI=1S/C22H27N3O3S/c1-6-11-29-22-24-19-18(20(26)25-22)17(15-9-7-13(4)8-10-15)16(14(5)23-19)21(27)28-12(2)3/h7-10,12,17H,6,11H2,1-5H3,(H2,23,24,25,26)/t17-/m1/s1. The van der Waals surface area contributed by atoms with Crippen LogP contribution in [0.1, 0.15) is 56.7 Å². The predicted molar refractivity (Wildman–Crippen MR) is 116 cm³/mol. The van der Waals surface area contributed by atoms with Crippen LogP contribution in [0.5, 0.6) is 0 Å². The van der Waals surface area contributed by atoms with Gasteiger partial charge in [-0.25, -0.2) is 9.78 Å². The van der Waals surface area contributed by atoms with E-state index in [2.05, 4.69) is 22.2 Å². The molecular weight excluding hydrogens is 386 g/mol. The summed E-state index contributed by atoms with van der Waals surface area (Å²) in [6, 6.07) is 7.85. The van der Waals surface area contributed by atoms with E-state index in [1.165, 1.54) is 11.8 Å². The highest BCUT2D eigenvalue weighted by Crippen LogP contribution is 2.40. The molecule has 1 aromatic carbocycles. The summed E-state index contributed by atoms with van der Waals surface area (Å²) in [6.07, 6.45) is 0.724. The van der Waals surface area contributed by atoms with Gasteiger partial charge in [-0.2, -0.15) is 0 Å². The molecule has 29 heavy (non-hydrogen) atoms. The summed E-state index contributed by atoms with van der Waals surface area (Å²) in [7, 11) is 0. The predicted octanol–water partition coefficient (Wildman–Crippen LogP) is 4.36. The number of rotatable bonds is 6. The smallest absolute Gasteiger partial charge is 0.337 e. The molecule has 2 N–H and O–H groups in total. The lowest BCUT2D eigenvalue weighted by atomic mass is 9.82. The van der Waals surface area contributed by atoms with Gasteiger partial charge < -0.3 is 15.0 Å². The van der Waals surface area contributed by atoms with Crippen LogP contribution in [0.25, 0.3) is 0 Å². The molecular formula is C22H27N3O3S. The van der Waals surface area contributed by atoms with Crippen LogP contribution in [0, 0.1) is 6.92 Å². The number of aromatic amines is 1. The van der Waals surface area contributed by atoms with Gasteiger partial charge in [-0.05, 0) is 39.7 Å². The molecule has 1 atom stereocenters. The van der Waals surface area contributed by atoms with E-state index < -0.39 is 11.9 Å². The number of carbonyl (C=O) groups is 1. The van der Waals surface area contributed by atoms with Gasteiger partial charge in [0.25, 0.3) is 5.56 Å². The van der Waals surface area contributed by atoms with Crippen molar-refractivity contribution in [3.05, 3.63) is 62.6 Å². The lowest BCUT2D eigenvalue weighted by molar-refractivity contribution is -0.143. The third-order valence-electron chi connectivity index (χ3n) is 4.64. The van der Waals surface area contributed by atoms with Crippen LogP contribution in [-0.4, -0.2) is 27.8 Å². The van der Waals surface area contributed by atoms with Crippen molar-refractivity contribution in [3.8, 4) is 0 Å². The zero-order valence-corrected chi connectivity index (χ0v) is 18.3. The summed E-state index contributed by atoms with van der Waals surface area (Å²) in [5, 5.41) is 3.74. The van der Waals surface area contributed by atoms with Crippen LogP contribution in [0.15, 0.2) is 45.5 Å². The lowest BCUT2D eigenvalue weighted by Crippen LogP contribution is -2.31. The maximum atomic E-state index is 13.1. The average Bonchev–Trinajstić information content (AvgIpc) is 2.65. The van der Waals surface area contributed by atoms with Crippen LogP contribution in [0.3, 0.4) is 0 Å². The number of fused-ring (bicyclic) bond motifs is 1. The van der Waals surface area contributed by atoms with E-state index in [0.29, 0.717) is 27.8 Å². The first-order valence-corrected chi connectivity index (χ1v) is 10.8. The number of carbonyl (C=O) groups excluding carboxylic acids is 1. The molecule has 0 bridgehead atoms. The number of aryl methyl sites for hydroxylation is 1. The fourth-order valence-electron chi connectivity index (χ4n) is 3.34. The average molecular weight is 414 g/mol. The first-order valence-electron chi connectivity index (χ1n) is 9.84. The number of nitrogens with zero attached hydrogens (tertiary/aromatic N) is 1. The second-order valence-corrected chi connectivity index (χ2v) is 8.53. The fourth-order valence-corrected chi connectivity index (χ4v) is 4.06. The Morgan fingerprint density at radius 3 is 2.55 bits per heavy atom. The van der Waals surface area contributed by atoms with Gasteiger partial charge in [0.15, 0.2) is 5.16 Å². The molecule has 3 rings (SSSR count). The quantitative estimate of drug-likeness (QED) is 0.416. The third-order valence-corrected chi connectivity index (χ3v) is 5.72. The summed E-state index contributed by atoms with van der Waals surface area (Å²) in [6.45, 7) is 9.52. The number of thioether (sulfide) groups is 1. The molecule has 2 aromatic rings. The lowest BCUT2D eigenvalue weighted by Gasteiger charge is -2.29. The molecule has 0 unspecified atom stereocenters. The molecule has 0 saturated heterocycles. The highest BCUT2D eigenvalue weighted by Gasteiger charge is 2.36. The first-order chi connectivity index (χ1) is 13.8. The summed E-state index contributed by atoms with van der Waals surface area (Å²) in [5.41, 5.74) is 3.25. The number of anilines is 1. The maximum Gasteiger partial charge on any atom is 0.337 e. The number of aromatic nitrogens is 2. The molecule has 1 aliphatic rings. The zero-order valence-electron chi connectivity index (χ0n) is 17.5. The summed E-state index contributed by atoms with van der Waals surface area (Å²) in [4.78, 5) is 33.5. The van der Waals surface area contributed by atoms with Crippen molar-refractivity contribution in [1.82, 2.24) is 9.97 Å². The number of hydrogen-bond acceptors (Lipinski definition) is 6. The Morgan fingerprint density at radius 1 is 1.24 bits per heavy atom. The van der Waals surface area contributed by atoms with Gasteiger partial charge in [0.1, 0.15) is 5.82 Å². The summed E-state index contributed by atoms with van der Waals surface area (Å²) in [5.74, 6) is 0.394. The molecule has 1 aliphatic heterocycles. The van der Waals surface area contributed by atoms with Crippen LogP contribution in [0.4, 0.5) is 5.82 Å². The Hall–Kier alpha value is -2.54. The van der Waals surface area contributed by atoms with Gasteiger partial charge in [-0.15, -0.1) is 0 Å². The Morgan fingerprint density at radius 2 is 1.93 bits per heavy atom. The van der Waals surface area contributed by atoms with E-state index >= 15 is 0 Å². The fraction of sp³-hybridized carbons (Fsp3) is 0.409. The van der Waals surface area contributed by atoms with Crippen LogP contribution in [-0.2, 0) is 9.53 Å². The molecule has 0 spiro atoms. The Balaban J connectivity index is 2.17. The molecule has 0 amide bonds. The monoisotopic (exact) mass is 413 g/mol. The molecule has 0 saturated carbocycles. The molecule has 2 heterocycles. The highest BCUT2D eigenvalue weighted by molar-refractivity contribution is 7.99. The van der Waals surface area contributed by atoms with E-state index in [9.17, 15) is 9.59 Å². The minimum absolute atomic E-state index is 0.242. The molecule has 0 fully saturated rings. The Bertz CT molecular complexity index is 993. The van der Waals surface area contributed by atoms with Gasteiger partial charge in [0.2, 0.25) is 0 Å². The summed E-state index contributed by atoms with van der Waals surface area (Å²) >= 11 is 1.51. The molecule has 6 nitrogen and oxygen atoms in total. The van der Waals surface area contributed by atoms with E-state index in [4.69, 9.17) is 4.74 Å². The van der Waals surface area contributed by atoms with Crippen molar-refractivity contribution in [2.45, 2.75) is 58.2 Å². The molecule has 1 aromatic heterocycles. The SMILES string of the molecule is CCCSc1nc2c(c(=O)[nH]1)[C@H](c1ccc(C)cc1)C(C(=O)OC(C)C)=C(C)N2. The third kappa shape index (κ3) is 4.56. The van der Waals surface area contributed by atoms with E-state index in [1.807, 2.05) is 52.0 Å². The van der Waals surface area contributed by atoms with Crippen molar-refractivity contribution in [1.29, 1.82) is 0 Å². The number of allylic oxidation sites excluding steroid dienone is 1. The van der Waals surface area contributed by atoms with Gasteiger partial charge in [0.05, 0.1) is 23.2 Å². The minimum atomic E-state index is -0.542. The van der Waals surface area contributed by atoms with Crippen molar-refractivity contribution < 1.29 is 9.53 Å². The van der Waals surface area contributed by atoms with Gasteiger partial charge in [-0.3, -0.25) is 4.79 Å². The zero-order chi connectivity index (χ0) is 21.1.